The number of benzene rings is 1. The molecule has 0 saturated carbocycles. The van der Waals surface area contributed by atoms with Crippen LogP contribution < -0.4 is 5.32 Å². The molecular formula is C17H9FN8O3. The maximum absolute atomic E-state index is 13.8. The second-order valence-corrected chi connectivity index (χ2v) is 5.65. The van der Waals surface area contributed by atoms with Gasteiger partial charge in [-0.2, -0.15) is 0 Å². The number of aromatic nitrogens is 7. The normalized spacial score (nSPS) is 10.6. The number of halogens is 1. The van der Waals surface area contributed by atoms with Crippen molar-refractivity contribution in [1.82, 2.24) is 35.2 Å². The van der Waals surface area contributed by atoms with Gasteiger partial charge in [0.25, 0.3) is 5.91 Å². The number of H-pyrrole nitrogens is 1. The van der Waals surface area contributed by atoms with Crippen molar-refractivity contribution >= 4 is 23.1 Å². The van der Waals surface area contributed by atoms with E-state index in [1.807, 2.05) is 0 Å². The Labute approximate surface area is 160 Å². The number of carboxylic acids is 1. The zero-order chi connectivity index (χ0) is 20.5. The van der Waals surface area contributed by atoms with Gasteiger partial charge >= 0.3 is 5.97 Å². The molecule has 1 amide bonds. The van der Waals surface area contributed by atoms with Gasteiger partial charge < -0.3 is 15.4 Å². The number of carboxylic acid groups (broad SMARTS) is 1. The summed E-state index contributed by atoms with van der Waals surface area (Å²) in [7, 11) is 0. The van der Waals surface area contributed by atoms with Crippen molar-refractivity contribution in [2.24, 2.45) is 0 Å². The number of amides is 1. The number of anilines is 1. The monoisotopic (exact) mass is 392 g/mol. The largest absolute Gasteiger partial charge is 0.478 e. The van der Waals surface area contributed by atoms with E-state index in [1.165, 1.54) is 18.5 Å². The summed E-state index contributed by atoms with van der Waals surface area (Å²) in [5.74, 6) is -0.608. The van der Waals surface area contributed by atoms with Gasteiger partial charge in [0.2, 0.25) is 0 Å². The van der Waals surface area contributed by atoms with Crippen LogP contribution in [0.4, 0.5) is 10.1 Å². The zero-order valence-electron chi connectivity index (χ0n) is 14.3. The first-order valence-corrected chi connectivity index (χ1v) is 7.92. The Bertz CT molecular complexity index is 1310. The van der Waals surface area contributed by atoms with Crippen LogP contribution in [0.5, 0.6) is 0 Å². The molecule has 3 heterocycles. The summed E-state index contributed by atoms with van der Waals surface area (Å²) < 4.78 is 14.9. The summed E-state index contributed by atoms with van der Waals surface area (Å²) in [6.45, 7) is 0. The Hall–Kier alpha value is -4.66. The number of nitrogens with one attached hydrogen (secondary N) is 2. The first-order valence-electron chi connectivity index (χ1n) is 7.92. The smallest absolute Gasteiger partial charge is 0.337 e. The Balaban J connectivity index is 1.68. The number of nitrogens with zero attached hydrogens (tertiary/aromatic N) is 6. The highest BCUT2D eigenvalue weighted by atomic mass is 19.1. The maximum Gasteiger partial charge on any atom is 0.337 e. The van der Waals surface area contributed by atoms with Gasteiger partial charge in [0.15, 0.2) is 17.2 Å². The molecule has 0 bridgehead atoms. The van der Waals surface area contributed by atoms with Crippen LogP contribution in [-0.4, -0.2) is 52.2 Å². The lowest BCUT2D eigenvalue weighted by Crippen LogP contribution is -2.18. The van der Waals surface area contributed by atoms with Crippen molar-refractivity contribution < 1.29 is 19.1 Å². The van der Waals surface area contributed by atoms with Crippen LogP contribution in [0.1, 0.15) is 26.4 Å². The molecule has 4 aromatic rings. The fourth-order valence-electron chi connectivity index (χ4n) is 2.56. The standard InChI is InChI=1S/C17H9FN8O3/c1-2-8-5-12(9(17(28)29)6-10(8)18)21-16(27)11-3-4-13-14(15-19-7-20-23-15)22-25-26(13)24-11/h1,3-7H,(H,21,27)(H,28,29)(H,19,20,23). The van der Waals surface area contributed by atoms with Crippen LogP contribution >= 0.6 is 0 Å². The molecule has 0 atom stereocenters. The van der Waals surface area contributed by atoms with Crippen molar-refractivity contribution in [1.29, 1.82) is 0 Å². The van der Waals surface area contributed by atoms with E-state index in [4.69, 9.17) is 6.42 Å². The molecule has 0 fully saturated rings. The lowest BCUT2D eigenvalue weighted by atomic mass is 10.1. The highest BCUT2D eigenvalue weighted by molar-refractivity contribution is 6.07. The van der Waals surface area contributed by atoms with Gasteiger partial charge in [0.05, 0.1) is 16.8 Å². The third-order valence-electron chi connectivity index (χ3n) is 3.90. The average Bonchev–Trinajstić information content (AvgIpc) is 3.37. The molecule has 1 aromatic carbocycles. The van der Waals surface area contributed by atoms with Crippen LogP contribution in [0.2, 0.25) is 0 Å². The molecule has 4 rings (SSSR count). The molecule has 0 saturated heterocycles. The molecular weight excluding hydrogens is 383 g/mol. The fourth-order valence-corrected chi connectivity index (χ4v) is 2.56. The second-order valence-electron chi connectivity index (χ2n) is 5.65. The van der Waals surface area contributed by atoms with Crippen molar-refractivity contribution in [3.63, 3.8) is 0 Å². The summed E-state index contributed by atoms with van der Waals surface area (Å²) in [6.07, 6.45) is 6.58. The van der Waals surface area contributed by atoms with Gasteiger partial charge in [-0.05, 0) is 29.5 Å². The minimum Gasteiger partial charge on any atom is -0.478 e. The molecule has 0 aliphatic heterocycles. The molecule has 3 aromatic heterocycles. The third kappa shape index (κ3) is 3.12. The van der Waals surface area contributed by atoms with Crippen LogP contribution in [0.25, 0.3) is 17.0 Å². The van der Waals surface area contributed by atoms with Crippen molar-refractivity contribution in [3.8, 4) is 23.9 Å². The number of hydrogen-bond donors (Lipinski definition) is 3. The van der Waals surface area contributed by atoms with Crippen molar-refractivity contribution in [3.05, 3.63) is 53.2 Å². The summed E-state index contributed by atoms with van der Waals surface area (Å²) in [4.78, 5) is 26.7. The summed E-state index contributed by atoms with van der Waals surface area (Å²) in [6, 6.07) is 4.73. The molecule has 0 unspecified atom stereocenters. The molecule has 29 heavy (non-hydrogen) atoms. The van der Waals surface area contributed by atoms with Crippen molar-refractivity contribution in [2.45, 2.75) is 0 Å². The molecule has 11 nitrogen and oxygen atoms in total. The molecule has 142 valence electrons. The minimum absolute atomic E-state index is 0.0885. The third-order valence-corrected chi connectivity index (χ3v) is 3.90. The Morgan fingerprint density at radius 2 is 2.10 bits per heavy atom. The number of aromatic carboxylic acids is 1. The minimum atomic E-state index is -1.43. The van der Waals surface area contributed by atoms with E-state index in [2.05, 4.69) is 41.8 Å². The quantitative estimate of drug-likeness (QED) is 0.435. The number of carbonyl (C=O) groups is 2. The van der Waals surface area contributed by atoms with E-state index in [-0.39, 0.29) is 16.9 Å². The van der Waals surface area contributed by atoms with E-state index in [1.54, 1.807) is 0 Å². The van der Waals surface area contributed by atoms with E-state index >= 15 is 0 Å². The van der Waals surface area contributed by atoms with Gasteiger partial charge in [0.1, 0.15) is 17.7 Å². The highest BCUT2D eigenvalue weighted by Crippen LogP contribution is 2.22. The molecule has 12 heteroatoms. The van der Waals surface area contributed by atoms with Crippen LogP contribution in [0.15, 0.2) is 30.6 Å². The number of terminal acetylenes is 1. The molecule has 3 N–H and O–H groups in total. The molecule has 0 spiro atoms. The predicted molar refractivity (Wildman–Crippen MR) is 95.4 cm³/mol. The second kappa shape index (κ2) is 6.82. The lowest BCUT2D eigenvalue weighted by molar-refractivity contribution is 0.0697. The van der Waals surface area contributed by atoms with Crippen LogP contribution in [-0.2, 0) is 0 Å². The molecule has 0 aliphatic rings. The Morgan fingerprint density at radius 1 is 1.28 bits per heavy atom. The van der Waals surface area contributed by atoms with Gasteiger partial charge in [0, 0.05) is 0 Å². The Morgan fingerprint density at radius 3 is 2.79 bits per heavy atom. The number of aromatic amines is 1. The average molecular weight is 392 g/mol. The van der Waals surface area contributed by atoms with Crippen LogP contribution in [0, 0.1) is 18.2 Å². The van der Waals surface area contributed by atoms with Crippen LogP contribution in [0.3, 0.4) is 0 Å². The number of fused-ring (bicyclic) bond motifs is 1. The van der Waals surface area contributed by atoms with E-state index in [9.17, 15) is 19.1 Å². The topological polar surface area (TPSA) is 151 Å². The highest BCUT2D eigenvalue weighted by Gasteiger charge is 2.19. The van der Waals surface area contributed by atoms with Gasteiger partial charge in [-0.25, -0.2) is 9.18 Å². The molecule has 0 aliphatic carbocycles. The van der Waals surface area contributed by atoms with Gasteiger partial charge in [-0.15, -0.1) is 31.4 Å². The van der Waals surface area contributed by atoms with Gasteiger partial charge in [-0.1, -0.05) is 5.92 Å². The van der Waals surface area contributed by atoms with E-state index in [0.717, 1.165) is 16.8 Å². The SMILES string of the molecule is C#Cc1cc(NC(=O)c2ccc3c(-c4nnc[nH]4)nnn3n2)c(C(=O)O)cc1F. The number of rotatable bonds is 4. The fraction of sp³-hybridized carbons (Fsp3) is 0. The zero-order valence-corrected chi connectivity index (χ0v) is 14.3. The number of carbonyl (C=O) groups excluding carboxylic acids is 1. The summed E-state index contributed by atoms with van der Waals surface area (Å²) in [5, 5.41) is 30.9. The molecule has 0 radical (unpaired) electrons. The predicted octanol–water partition coefficient (Wildman–Crippen LogP) is 0.980. The van der Waals surface area contributed by atoms with E-state index < -0.39 is 23.3 Å². The number of hydrogen-bond acceptors (Lipinski definition) is 7. The van der Waals surface area contributed by atoms with Gasteiger partial charge in [-0.3, -0.25) is 4.79 Å². The summed E-state index contributed by atoms with van der Waals surface area (Å²) in [5.41, 5.74) is -0.0617. The Kier molecular flexibility index (Phi) is 4.17. The lowest BCUT2D eigenvalue weighted by Gasteiger charge is -2.09. The van der Waals surface area contributed by atoms with E-state index in [0.29, 0.717) is 17.0 Å². The first-order chi connectivity index (χ1) is 14.0. The summed E-state index contributed by atoms with van der Waals surface area (Å²) >= 11 is 0. The van der Waals surface area contributed by atoms with Crippen molar-refractivity contribution in [2.75, 3.05) is 5.32 Å². The maximum atomic E-state index is 13.8. The first kappa shape index (κ1) is 17.7.